The Morgan fingerprint density at radius 1 is 0.879 bits per heavy atom. The quantitative estimate of drug-likeness (QED) is 0.425. The Kier molecular flexibility index (Phi) is 6.36. The standard InChI is InChI=1S/C27H24O6/c1-5-17-6-8-18(9-7-17)16-32-20-10-11-21-22(15-20)33-23(26(21)28)12-19-13-24(29-2)27(31-4)25(14-19)30-3/h5-15H,1,16H2,2-4H3. The van der Waals surface area contributed by atoms with Gasteiger partial charge in [0.25, 0.3) is 0 Å². The third kappa shape index (κ3) is 4.55. The molecule has 0 atom stereocenters. The molecule has 0 N–H and O–H groups in total. The predicted octanol–water partition coefficient (Wildman–Crippen LogP) is 5.55. The van der Waals surface area contributed by atoms with Crippen LogP contribution in [-0.2, 0) is 6.61 Å². The van der Waals surface area contributed by atoms with E-state index in [0.29, 0.717) is 46.5 Å². The van der Waals surface area contributed by atoms with E-state index in [2.05, 4.69) is 6.58 Å². The van der Waals surface area contributed by atoms with Gasteiger partial charge in [0.15, 0.2) is 17.3 Å². The molecule has 0 spiro atoms. The Hall–Kier alpha value is -4.19. The molecule has 0 aliphatic carbocycles. The van der Waals surface area contributed by atoms with Crippen molar-refractivity contribution >= 4 is 17.9 Å². The molecule has 4 rings (SSSR count). The van der Waals surface area contributed by atoms with Crippen molar-refractivity contribution in [2.24, 2.45) is 0 Å². The summed E-state index contributed by atoms with van der Waals surface area (Å²) < 4.78 is 27.9. The molecule has 0 aromatic heterocycles. The summed E-state index contributed by atoms with van der Waals surface area (Å²) in [5.74, 6) is 2.53. The number of ketones is 1. The van der Waals surface area contributed by atoms with E-state index in [9.17, 15) is 4.79 Å². The third-order valence-electron chi connectivity index (χ3n) is 5.25. The minimum absolute atomic E-state index is 0.203. The Bertz CT molecular complexity index is 1200. The van der Waals surface area contributed by atoms with E-state index in [-0.39, 0.29) is 11.5 Å². The first-order valence-corrected chi connectivity index (χ1v) is 10.3. The second kappa shape index (κ2) is 9.53. The lowest BCUT2D eigenvalue weighted by atomic mass is 10.1. The maximum absolute atomic E-state index is 12.9. The second-order valence-electron chi connectivity index (χ2n) is 7.29. The number of carbonyl (C=O) groups excluding carboxylic acids is 1. The largest absolute Gasteiger partial charge is 0.493 e. The van der Waals surface area contributed by atoms with Crippen molar-refractivity contribution < 1.29 is 28.5 Å². The number of ether oxygens (including phenoxy) is 5. The van der Waals surface area contributed by atoms with Crippen LogP contribution in [0.2, 0.25) is 0 Å². The first kappa shape index (κ1) is 22.0. The Balaban J connectivity index is 1.53. The molecule has 168 valence electrons. The van der Waals surface area contributed by atoms with Crippen LogP contribution in [0, 0.1) is 0 Å². The maximum atomic E-state index is 12.9. The van der Waals surface area contributed by atoms with Gasteiger partial charge in [-0.1, -0.05) is 36.9 Å². The van der Waals surface area contributed by atoms with E-state index in [0.717, 1.165) is 11.1 Å². The van der Waals surface area contributed by atoms with Crippen LogP contribution in [0.15, 0.2) is 66.9 Å². The lowest BCUT2D eigenvalue weighted by Gasteiger charge is -2.13. The number of hydrogen-bond acceptors (Lipinski definition) is 6. The van der Waals surface area contributed by atoms with Crippen molar-refractivity contribution in [1.29, 1.82) is 0 Å². The van der Waals surface area contributed by atoms with Crippen LogP contribution in [0.3, 0.4) is 0 Å². The fourth-order valence-corrected chi connectivity index (χ4v) is 3.51. The summed E-state index contributed by atoms with van der Waals surface area (Å²) in [6.45, 7) is 4.16. The molecule has 0 bridgehead atoms. The lowest BCUT2D eigenvalue weighted by Crippen LogP contribution is -1.99. The molecule has 33 heavy (non-hydrogen) atoms. The number of rotatable bonds is 8. The number of Topliss-reactive ketones (excluding diaryl/α,β-unsaturated/α-hetero) is 1. The second-order valence-corrected chi connectivity index (χ2v) is 7.29. The Labute approximate surface area is 192 Å². The van der Waals surface area contributed by atoms with Crippen LogP contribution >= 0.6 is 0 Å². The van der Waals surface area contributed by atoms with Gasteiger partial charge in [-0.05, 0) is 47.0 Å². The molecule has 6 nitrogen and oxygen atoms in total. The van der Waals surface area contributed by atoms with Gasteiger partial charge in [-0.25, -0.2) is 0 Å². The van der Waals surface area contributed by atoms with Gasteiger partial charge in [0.1, 0.15) is 18.1 Å². The van der Waals surface area contributed by atoms with Crippen molar-refractivity contribution in [3.05, 3.63) is 89.2 Å². The van der Waals surface area contributed by atoms with E-state index >= 15 is 0 Å². The Morgan fingerprint density at radius 2 is 1.58 bits per heavy atom. The molecule has 0 unspecified atom stereocenters. The lowest BCUT2D eigenvalue weighted by molar-refractivity contribution is 0.101. The first-order valence-electron chi connectivity index (χ1n) is 10.3. The summed E-state index contributed by atoms with van der Waals surface area (Å²) in [5.41, 5.74) is 3.24. The summed E-state index contributed by atoms with van der Waals surface area (Å²) in [4.78, 5) is 12.9. The van der Waals surface area contributed by atoms with Gasteiger partial charge in [0.2, 0.25) is 11.5 Å². The van der Waals surface area contributed by atoms with Crippen LogP contribution in [0.1, 0.15) is 27.0 Å². The van der Waals surface area contributed by atoms with Crippen LogP contribution < -0.4 is 23.7 Å². The minimum atomic E-state index is -0.203. The van der Waals surface area contributed by atoms with Crippen LogP contribution in [0.25, 0.3) is 12.2 Å². The highest BCUT2D eigenvalue weighted by Gasteiger charge is 2.28. The summed E-state index contributed by atoms with van der Waals surface area (Å²) in [7, 11) is 4.61. The molecule has 3 aromatic carbocycles. The molecule has 0 radical (unpaired) electrons. The van der Waals surface area contributed by atoms with Crippen molar-refractivity contribution in [2.45, 2.75) is 6.61 Å². The van der Waals surface area contributed by atoms with E-state index in [1.54, 1.807) is 42.5 Å². The third-order valence-corrected chi connectivity index (χ3v) is 5.25. The number of methoxy groups -OCH3 is 3. The SMILES string of the molecule is C=Cc1ccc(COc2ccc3c(c2)OC(=Cc2cc(OC)c(OC)c(OC)c2)C3=O)cc1. The fourth-order valence-electron chi connectivity index (χ4n) is 3.51. The number of hydrogen-bond donors (Lipinski definition) is 0. The zero-order valence-electron chi connectivity index (χ0n) is 18.7. The highest BCUT2D eigenvalue weighted by atomic mass is 16.5. The summed E-state index contributed by atoms with van der Waals surface area (Å²) >= 11 is 0. The van der Waals surface area contributed by atoms with E-state index in [4.69, 9.17) is 23.7 Å². The summed E-state index contributed by atoms with van der Waals surface area (Å²) in [6.07, 6.45) is 3.44. The first-order chi connectivity index (χ1) is 16.1. The number of carbonyl (C=O) groups is 1. The van der Waals surface area contributed by atoms with Gasteiger partial charge in [-0.2, -0.15) is 0 Å². The van der Waals surface area contributed by atoms with Crippen LogP contribution in [-0.4, -0.2) is 27.1 Å². The van der Waals surface area contributed by atoms with Crippen molar-refractivity contribution in [1.82, 2.24) is 0 Å². The predicted molar refractivity (Wildman–Crippen MR) is 126 cm³/mol. The average Bonchev–Trinajstić information content (AvgIpc) is 3.16. The van der Waals surface area contributed by atoms with Crippen molar-refractivity contribution in [3.8, 4) is 28.7 Å². The van der Waals surface area contributed by atoms with Gasteiger partial charge in [0, 0.05) is 6.07 Å². The van der Waals surface area contributed by atoms with Gasteiger partial charge >= 0.3 is 0 Å². The van der Waals surface area contributed by atoms with Crippen molar-refractivity contribution in [3.63, 3.8) is 0 Å². The monoisotopic (exact) mass is 444 g/mol. The maximum Gasteiger partial charge on any atom is 0.231 e. The van der Waals surface area contributed by atoms with E-state index in [1.165, 1.54) is 21.3 Å². The van der Waals surface area contributed by atoms with E-state index in [1.807, 2.05) is 24.3 Å². The molecule has 1 aliphatic rings. The van der Waals surface area contributed by atoms with Gasteiger partial charge in [-0.15, -0.1) is 0 Å². The average molecular weight is 444 g/mol. The number of benzene rings is 3. The van der Waals surface area contributed by atoms with Gasteiger partial charge in [-0.3, -0.25) is 4.79 Å². The molecule has 0 fully saturated rings. The number of fused-ring (bicyclic) bond motifs is 1. The Morgan fingerprint density at radius 3 is 2.18 bits per heavy atom. The fraction of sp³-hybridized carbons (Fsp3) is 0.148. The summed E-state index contributed by atoms with van der Waals surface area (Å²) in [5, 5.41) is 0. The normalized spacial score (nSPS) is 13.3. The molecule has 1 aliphatic heterocycles. The zero-order chi connectivity index (χ0) is 23.4. The summed E-state index contributed by atoms with van der Waals surface area (Å²) in [6, 6.07) is 16.6. The minimum Gasteiger partial charge on any atom is -0.493 e. The molecule has 0 saturated heterocycles. The van der Waals surface area contributed by atoms with Gasteiger partial charge < -0.3 is 23.7 Å². The molecular weight excluding hydrogens is 420 g/mol. The smallest absolute Gasteiger partial charge is 0.231 e. The highest BCUT2D eigenvalue weighted by Crippen LogP contribution is 2.40. The molecule has 6 heteroatoms. The molecule has 1 heterocycles. The van der Waals surface area contributed by atoms with Gasteiger partial charge in [0.05, 0.1) is 26.9 Å². The molecular formula is C27H24O6. The highest BCUT2D eigenvalue weighted by molar-refractivity contribution is 6.14. The number of allylic oxidation sites excluding steroid dienone is 1. The van der Waals surface area contributed by atoms with E-state index < -0.39 is 0 Å². The van der Waals surface area contributed by atoms with Crippen LogP contribution in [0.5, 0.6) is 28.7 Å². The van der Waals surface area contributed by atoms with Crippen LogP contribution in [0.4, 0.5) is 0 Å². The molecule has 0 saturated carbocycles. The molecule has 3 aromatic rings. The molecule has 0 amide bonds. The topological polar surface area (TPSA) is 63.2 Å². The van der Waals surface area contributed by atoms with Crippen molar-refractivity contribution in [2.75, 3.05) is 21.3 Å². The zero-order valence-corrected chi connectivity index (χ0v) is 18.7.